The number of hydrogen-bond acceptors (Lipinski definition) is 3. The molecule has 2 N–H and O–H groups in total. The van der Waals surface area contributed by atoms with Crippen LogP contribution in [-0.4, -0.2) is 5.91 Å². The van der Waals surface area contributed by atoms with Gasteiger partial charge in [0.1, 0.15) is 29.8 Å². The molecule has 0 heterocycles. The van der Waals surface area contributed by atoms with Crippen molar-refractivity contribution in [3.63, 3.8) is 0 Å². The fourth-order valence-corrected chi connectivity index (χ4v) is 2.64. The fourth-order valence-electron chi connectivity index (χ4n) is 2.64. The number of rotatable bonds is 5. The Labute approximate surface area is 149 Å². The summed E-state index contributed by atoms with van der Waals surface area (Å²) in [5, 5.41) is 10.9. The van der Waals surface area contributed by atoms with E-state index in [-0.39, 0.29) is 18.0 Å². The molecule has 3 aromatic carbocycles. The molecule has 0 unspecified atom stereocenters. The molecule has 0 aliphatic rings. The van der Waals surface area contributed by atoms with Crippen LogP contribution in [0.1, 0.15) is 11.1 Å². The minimum Gasteiger partial charge on any atom is -0.488 e. The van der Waals surface area contributed by atoms with Gasteiger partial charge in [0, 0.05) is 5.56 Å². The summed E-state index contributed by atoms with van der Waals surface area (Å²) in [5.41, 5.74) is 6.34. The second kappa shape index (κ2) is 7.49. The number of carbonyl (C=O) groups is 1. The quantitative estimate of drug-likeness (QED) is 0.561. The maximum Gasteiger partial charge on any atom is 0.259 e. The predicted molar refractivity (Wildman–Crippen MR) is 97.5 cm³/mol. The van der Waals surface area contributed by atoms with E-state index in [4.69, 9.17) is 15.7 Å². The minimum absolute atomic E-state index is 0.148. The van der Waals surface area contributed by atoms with Crippen molar-refractivity contribution >= 4 is 22.8 Å². The van der Waals surface area contributed by atoms with Crippen molar-refractivity contribution in [2.24, 2.45) is 5.73 Å². The second-order valence-corrected chi connectivity index (χ2v) is 5.65. The van der Waals surface area contributed by atoms with Gasteiger partial charge in [0.2, 0.25) is 0 Å². The van der Waals surface area contributed by atoms with Crippen LogP contribution in [0, 0.1) is 17.1 Å². The molecule has 0 saturated carbocycles. The van der Waals surface area contributed by atoms with Gasteiger partial charge >= 0.3 is 0 Å². The maximum atomic E-state index is 13.3. The van der Waals surface area contributed by atoms with Crippen molar-refractivity contribution < 1.29 is 13.9 Å². The number of benzene rings is 3. The maximum absolute atomic E-state index is 13.3. The van der Waals surface area contributed by atoms with Crippen molar-refractivity contribution in [1.29, 1.82) is 5.26 Å². The van der Waals surface area contributed by atoms with Crippen LogP contribution < -0.4 is 10.5 Å². The van der Waals surface area contributed by atoms with E-state index in [1.54, 1.807) is 24.3 Å². The molecule has 4 nitrogen and oxygen atoms in total. The van der Waals surface area contributed by atoms with Crippen LogP contribution in [0.25, 0.3) is 16.8 Å². The molecule has 0 radical (unpaired) electrons. The highest BCUT2D eigenvalue weighted by molar-refractivity contribution is 6.04. The normalized spacial score (nSPS) is 11.2. The van der Waals surface area contributed by atoms with E-state index in [2.05, 4.69) is 0 Å². The third-order valence-electron chi connectivity index (χ3n) is 3.89. The molecule has 1 amide bonds. The van der Waals surface area contributed by atoms with Gasteiger partial charge in [-0.05, 0) is 40.6 Å². The lowest BCUT2D eigenvalue weighted by Crippen LogP contribution is -2.12. The van der Waals surface area contributed by atoms with Gasteiger partial charge in [0.05, 0.1) is 0 Å². The van der Waals surface area contributed by atoms with E-state index >= 15 is 0 Å². The Balaban J connectivity index is 2.05. The molecule has 0 saturated heterocycles. The Morgan fingerprint density at radius 2 is 1.96 bits per heavy atom. The van der Waals surface area contributed by atoms with Crippen LogP contribution in [0.3, 0.4) is 0 Å². The third kappa shape index (κ3) is 3.70. The van der Waals surface area contributed by atoms with Crippen LogP contribution in [0.15, 0.2) is 66.2 Å². The lowest BCUT2D eigenvalue weighted by molar-refractivity contribution is -0.114. The van der Waals surface area contributed by atoms with Crippen LogP contribution in [0.4, 0.5) is 4.39 Å². The van der Waals surface area contributed by atoms with Gasteiger partial charge in [-0.2, -0.15) is 5.26 Å². The first-order chi connectivity index (χ1) is 12.6. The number of ether oxygens (including phenoxy) is 1. The van der Waals surface area contributed by atoms with E-state index in [0.29, 0.717) is 16.9 Å². The van der Waals surface area contributed by atoms with Crippen LogP contribution >= 0.6 is 0 Å². The molecule has 128 valence electrons. The second-order valence-electron chi connectivity index (χ2n) is 5.65. The van der Waals surface area contributed by atoms with Gasteiger partial charge in [-0.25, -0.2) is 4.39 Å². The average molecular weight is 346 g/mol. The van der Waals surface area contributed by atoms with Gasteiger partial charge in [-0.15, -0.1) is 0 Å². The van der Waals surface area contributed by atoms with E-state index in [1.807, 2.05) is 30.3 Å². The number of nitrogens with two attached hydrogens (primary N) is 1. The molecule has 26 heavy (non-hydrogen) atoms. The van der Waals surface area contributed by atoms with Crippen molar-refractivity contribution in [2.45, 2.75) is 6.61 Å². The molecule has 0 aliphatic carbocycles. The Kier molecular flexibility index (Phi) is 4.95. The number of fused-ring (bicyclic) bond motifs is 1. The average Bonchev–Trinajstić information content (AvgIpc) is 2.64. The number of hydrogen-bond donors (Lipinski definition) is 1. The largest absolute Gasteiger partial charge is 0.488 e. The molecule has 0 aromatic heterocycles. The summed E-state index contributed by atoms with van der Waals surface area (Å²) in [6.45, 7) is 0.148. The lowest BCUT2D eigenvalue weighted by Gasteiger charge is -2.12. The highest BCUT2D eigenvalue weighted by Gasteiger charge is 2.11. The molecule has 0 bridgehead atoms. The van der Waals surface area contributed by atoms with Crippen LogP contribution in [-0.2, 0) is 11.4 Å². The van der Waals surface area contributed by atoms with E-state index in [0.717, 1.165) is 10.8 Å². The minimum atomic E-state index is -0.809. The van der Waals surface area contributed by atoms with Crippen molar-refractivity contribution in [3.8, 4) is 11.8 Å². The van der Waals surface area contributed by atoms with Crippen LogP contribution in [0.2, 0.25) is 0 Å². The number of primary amides is 1. The zero-order chi connectivity index (χ0) is 18.5. The number of nitriles is 1. The Hall–Kier alpha value is -3.65. The first kappa shape index (κ1) is 17.2. The Bertz CT molecular complexity index is 1050. The van der Waals surface area contributed by atoms with Crippen LogP contribution in [0.5, 0.6) is 5.75 Å². The smallest absolute Gasteiger partial charge is 0.259 e. The fraction of sp³-hybridized carbons (Fsp3) is 0.0476. The lowest BCUT2D eigenvalue weighted by atomic mass is 10.0. The number of amides is 1. The number of carbonyl (C=O) groups excluding carboxylic acids is 1. The van der Waals surface area contributed by atoms with Gasteiger partial charge in [-0.3, -0.25) is 4.79 Å². The third-order valence-corrected chi connectivity index (χ3v) is 3.89. The molecule has 3 aromatic rings. The van der Waals surface area contributed by atoms with Crippen molar-refractivity contribution in [2.75, 3.05) is 0 Å². The number of halogens is 1. The van der Waals surface area contributed by atoms with Gasteiger partial charge in [0.25, 0.3) is 5.91 Å². The standard InChI is InChI=1S/C21H15FN2O2/c22-17-6-3-4-14(10-17)13-26-20-9-8-15-5-1-2-7-18(15)19(20)11-16(12-23)21(24)25/h1-11H,13H2,(H2,24,25)/b16-11+. The highest BCUT2D eigenvalue weighted by atomic mass is 19.1. The number of nitrogens with zero attached hydrogens (tertiary/aromatic N) is 1. The van der Waals surface area contributed by atoms with E-state index in [1.165, 1.54) is 18.2 Å². The first-order valence-corrected chi connectivity index (χ1v) is 7.89. The summed E-state index contributed by atoms with van der Waals surface area (Å²) in [4.78, 5) is 11.4. The molecule has 0 atom stereocenters. The molecule has 0 aliphatic heterocycles. The van der Waals surface area contributed by atoms with Gasteiger partial charge < -0.3 is 10.5 Å². The Morgan fingerprint density at radius 1 is 1.15 bits per heavy atom. The zero-order valence-electron chi connectivity index (χ0n) is 13.8. The molecule has 3 rings (SSSR count). The van der Waals surface area contributed by atoms with Gasteiger partial charge in [0.15, 0.2) is 0 Å². The molecule has 0 fully saturated rings. The molecular weight excluding hydrogens is 331 g/mol. The molecule has 5 heteroatoms. The molecule has 0 spiro atoms. The SMILES string of the molecule is N#C/C(=C\c1c(OCc2cccc(F)c2)ccc2ccccc12)C(N)=O. The predicted octanol–water partition coefficient (Wildman–Crippen LogP) is 3.95. The van der Waals surface area contributed by atoms with E-state index in [9.17, 15) is 9.18 Å². The summed E-state index contributed by atoms with van der Waals surface area (Å²) in [6.07, 6.45) is 1.42. The summed E-state index contributed by atoms with van der Waals surface area (Å²) < 4.78 is 19.2. The van der Waals surface area contributed by atoms with Gasteiger partial charge in [-0.1, -0.05) is 42.5 Å². The summed E-state index contributed by atoms with van der Waals surface area (Å²) in [6, 6.07) is 19.1. The Morgan fingerprint density at radius 3 is 2.69 bits per heavy atom. The topological polar surface area (TPSA) is 76.1 Å². The zero-order valence-corrected chi connectivity index (χ0v) is 13.8. The summed E-state index contributed by atoms with van der Waals surface area (Å²) >= 11 is 0. The molecular formula is C21H15FN2O2. The summed E-state index contributed by atoms with van der Waals surface area (Å²) in [7, 11) is 0. The van der Waals surface area contributed by atoms with E-state index < -0.39 is 5.91 Å². The first-order valence-electron chi connectivity index (χ1n) is 7.89. The van der Waals surface area contributed by atoms with Crippen molar-refractivity contribution in [1.82, 2.24) is 0 Å². The van der Waals surface area contributed by atoms with Crippen molar-refractivity contribution in [3.05, 3.63) is 83.2 Å². The summed E-state index contributed by atoms with van der Waals surface area (Å²) in [5.74, 6) is -0.677. The monoisotopic (exact) mass is 346 g/mol. The highest BCUT2D eigenvalue weighted by Crippen LogP contribution is 2.31.